The molecule has 2 rings (SSSR count). The minimum atomic E-state index is 0.0148. The third-order valence-corrected chi connectivity index (χ3v) is 5.62. The molecular formula is C17H29NOS. The number of rotatable bonds is 6. The van der Waals surface area contributed by atoms with Crippen molar-refractivity contribution in [2.75, 3.05) is 13.7 Å². The molecule has 1 fully saturated rings. The molecule has 114 valence electrons. The van der Waals surface area contributed by atoms with Crippen LogP contribution in [0.1, 0.15) is 52.0 Å². The molecule has 1 aliphatic rings. The number of thiophene rings is 1. The lowest BCUT2D eigenvalue weighted by Gasteiger charge is -2.47. The molecule has 1 atom stereocenters. The van der Waals surface area contributed by atoms with Crippen molar-refractivity contribution in [3.8, 4) is 0 Å². The predicted octanol–water partition coefficient (Wildman–Crippen LogP) is 4.25. The van der Waals surface area contributed by atoms with Crippen LogP contribution in [0.5, 0.6) is 0 Å². The summed E-state index contributed by atoms with van der Waals surface area (Å²) in [5, 5.41) is 7.97. The molecule has 1 heterocycles. The van der Waals surface area contributed by atoms with Gasteiger partial charge in [0.15, 0.2) is 0 Å². The normalized spacial score (nSPS) is 22.6. The number of hydrogen-bond acceptors (Lipinski definition) is 3. The van der Waals surface area contributed by atoms with Crippen molar-refractivity contribution in [1.29, 1.82) is 0 Å². The van der Waals surface area contributed by atoms with Gasteiger partial charge >= 0.3 is 0 Å². The van der Waals surface area contributed by atoms with Crippen LogP contribution >= 0.6 is 11.3 Å². The van der Waals surface area contributed by atoms with Crippen LogP contribution < -0.4 is 5.32 Å². The Kier molecular flexibility index (Phi) is 5.27. The second-order valence-corrected chi connectivity index (χ2v) is 7.62. The molecule has 3 heteroatoms. The van der Waals surface area contributed by atoms with E-state index < -0.39 is 0 Å². The van der Waals surface area contributed by atoms with Gasteiger partial charge in [-0.3, -0.25) is 0 Å². The minimum absolute atomic E-state index is 0.0148. The minimum Gasteiger partial charge on any atom is -0.374 e. The number of nitrogens with one attached hydrogen (secondary N) is 1. The molecule has 2 nitrogen and oxygen atoms in total. The van der Waals surface area contributed by atoms with Gasteiger partial charge in [0.2, 0.25) is 0 Å². The Balaban J connectivity index is 2.13. The molecule has 1 aliphatic carbocycles. The molecular weight excluding hydrogens is 266 g/mol. The second kappa shape index (κ2) is 6.59. The number of hydrogen-bond donors (Lipinski definition) is 1. The predicted molar refractivity (Wildman–Crippen MR) is 87.5 cm³/mol. The molecule has 0 saturated heterocycles. The Morgan fingerprint density at radius 3 is 2.50 bits per heavy atom. The topological polar surface area (TPSA) is 21.3 Å². The zero-order valence-corrected chi connectivity index (χ0v) is 14.2. The first kappa shape index (κ1) is 16.0. The smallest absolute Gasteiger partial charge is 0.0838 e. The van der Waals surface area contributed by atoms with Crippen LogP contribution in [0.4, 0.5) is 0 Å². The van der Waals surface area contributed by atoms with Gasteiger partial charge in [-0.15, -0.1) is 0 Å². The van der Waals surface area contributed by atoms with Crippen LogP contribution in [-0.2, 0) is 11.2 Å². The summed E-state index contributed by atoms with van der Waals surface area (Å²) in [5.74, 6) is 0. The van der Waals surface area contributed by atoms with Crippen molar-refractivity contribution in [2.24, 2.45) is 5.41 Å². The van der Waals surface area contributed by atoms with E-state index >= 15 is 0 Å². The SMILES string of the molecule is CCOC1(C(Cc2ccsc2)NC)CCC(C)(C)CC1. The van der Waals surface area contributed by atoms with E-state index in [4.69, 9.17) is 4.74 Å². The molecule has 1 unspecified atom stereocenters. The maximum atomic E-state index is 6.31. The highest BCUT2D eigenvalue weighted by Gasteiger charge is 2.44. The third-order valence-electron chi connectivity index (χ3n) is 4.89. The molecule has 0 spiro atoms. The van der Waals surface area contributed by atoms with Crippen LogP contribution in [0.2, 0.25) is 0 Å². The van der Waals surface area contributed by atoms with Gasteiger partial charge in [0, 0.05) is 12.6 Å². The first-order valence-electron chi connectivity index (χ1n) is 7.84. The number of likely N-dealkylation sites (N-methyl/N-ethyl adjacent to an activating group) is 1. The maximum Gasteiger partial charge on any atom is 0.0838 e. The van der Waals surface area contributed by atoms with Gasteiger partial charge in [-0.05, 0) is 73.9 Å². The van der Waals surface area contributed by atoms with Gasteiger partial charge in [0.25, 0.3) is 0 Å². The average Bonchev–Trinajstić information content (AvgIpc) is 2.92. The first-order valence-corrected chi connectivity index (χ1v) is 8.78. The summed E-state index contributed by atoms with van der Waals surface area (Å²) in [5.41, 5.74) is 1.92. The van der Waals surface area contributed by atoms with Crippen LogP contribution in [0.15, 0.2) is 16.8 Å². The quantitative estimate of drug-likeness (QED) is 0.847. The molecule has 1 aromatic rings. The van der Waals surface area contributed by atoms with E-state index in [1.165, 1.54) is 31.2 Å². The van der Waals surface area contributed by atoms with E-state index in [9.17, 15) is 0 Å². The summed E-state index contributed by atoms with van der Waals surface area (Å²) >= 11 is 1.78. The highest BCUT2D eigenvalue weighted by molar-refractivity contribution is 7.07. The molecule has 0 amide bonds. The summed E-state index contributed by atoms with van der Waals surface area (Å²) in [6.07, 6.45) is 5.93. The first-order chi connectivity index (χ1) is 9.51. The van der Waals surface area contributed by atoms with E-state index in [-0.39, 0.29) is 5.60 Å². The second-order valence-electron chi connectivity index (χ2n) is 6.84. The van der Waals surface area contributed by atoms with Gasteiger partial charge in [-0.25, -0.2) is 0 Å². The van der Waals surface area contributed by atoms with E-state index in [1.807, 2.05) is 0 Å². The van der Waals surface area contributed by atoms with Crippen molar-refractivity contribution in [2.45, 2.75) is 64.5 Å². The fourth-order valence-corrected chi connectivity index (χ4v) is 4.11. The molecule has 0 radical (unpaired) electrons. The summed E-state index contributed by atoms with van der Waals surface area (Å²) in [6, 6.07) is 2.65. The lowest BCUT2D eigenvalue weighted by Crippen LogP contribution is -2.55. The van der Waals surface area contributed by atoms with Gasteiger partial charge in [-0.1, -0.05) is 13.8 Å². The largest absolute Gasteiger partial charge is 0.374 e. The van der Waals surface area contributed by atoms with Crippen LogP contribution in [-0.4, -0.2) is 25.3 Å². The zero-order chi connectivity index (χ0) is 14.6. The summed E-state index contributed by atoms with van der Waals surface area (Å²) in [6.45, 7) is 7.70. The molecule has 0 aliphatic heterocycles. The van der Waals surface area contributed by atoms with E-state index in [0.717, 1.165) is 13.0 Å². The average molecular weight is 295 g/mol. The van der Waals surface area contributed by atoms with Crippen LogP contribution in [0.3, 0.4) is 0 Å². The molecule has 1 aromatic heterocycles. The Morgan fingerprint density at radius 2 is 2.00 bits per heavy atom. The van der Waals surface area contributed by atoms with Gasteiger partial charge < -0.3 is 10.1 Å². The third kappa shape index (κ3) is 3.63. The van der Waals surface area contributed by atoms with Crippen molar-refractivity contribution in [3.05, 3.63) is 22.4 Å². The zero-order valence-electron chi connectivity index (χ0n) is 13.4. The van der Waals surface area contributed by atoms with E-state index in [2.05, 4.69) is 50.0 Å². The number of ether oxygens (including phenoxy) is 1. The standard InChI is InChI=1S/C17H29NOS/c1-5-19-17(9-7-16(2,3)8-10-17)15(18-4)12-14-6-11-20-13-14/h6,11,13,15,18H,5,7-10,12H2,1-4H3. The fraction of sp³-hybridized carbons (Fsp3) is 0.765. The molecule has 0 bridgehead atoms. The van der Waals surface area contributed by atoms with Crippen molar-refractivity contribution in [1.82, 2.24) is 5.32 Å². The van der Waals surface area contributed by atoms with Crippen LogP contribution in [0.25, 0.3) is 0 Å². The lowest BCUT2D eigenvalue weighted by molar-refractivity contribution is -0.105. The van der Waals surface area contributed by atoms with Crippen LogP contribution in [0, 0.1) is 5.41 Å². The Labute approximate surface area is 127 Å². The van der Waals surface area contributed by atoms with Gasteiger partial charge in [0.1, 0.15) is 0 Å². The Hall–Kier alpha value is -0.380. The summed E-state index contributed by atoms with van der Waals surface area (Å²) < 4.78 is 6.31. The van der Waals surface area contributed by atoms with Gasteiger partial charge in [0.05, 0.1) is 5.60 Å². The Morgan fingerprint density at radius 1 is 1.30 bits per heavy atom. The summed E-state index contributed by atoms with van der Waals surface area (Å²) in [4.78, 5) is 0. The van der Waals surface area contributed by atoms with E-state index in [1.54, 1.807) is 11.3 Å². The lowest BCUT2D eigenvalue weighted by atomic mass is 9.67. The molecule has 1 saturated carbocycles. The highest BCUT2D eigenvalue weighted by Crippen LogP contribution is 2.44. The maximum absolute atomic E-state index is 6.31. The van der Waals surface area contributed by atoms with E-state index in [0.29, 0.717) is 11.5 Å². The van der Waals surface area contributed by atoms with Gasteiger partial charge in [-0.2, -0.15) is 11.3 Å². The molecule has 0 aromatic carbocycles. The summed E-state index contributed by atoms with van der Waals surface area (Å²) in [7, 11) is 2.08. The monoisotopic (exact) mass is 295 g/mol. The molecule has 20 heavy (non-hydrogen) atoms. The fourth-order valence-electron chi connectivity index (χ4n) is 3.43. The molecule has 1 N–H and O–H groups in total. The highest BCUT2D eigenvalue weighted by atomic mass is 32.1. The van der Waals surface area contributed by atoms with Crippen molar-refractivity contribution >= 4 is 11.3 Å². The van der Waals surface area contributed by atoms with Crippen molar-refractivity contribution < 1.29 is 4.74 Å². The Bertz CT molecular complexity index is 389. The van der Waals surface area contributed by atoms with Crippen molar-refractivity contribution in [3.63, 3.8) is 0 Å².